The van der Waals surface area contributed by atoms with E-state index < -0.39 is 23.9 Å². The number of hydrogen-bond acceptors (Lipinski definition) is 8. The molecule has 2 aliphatic rings. The number of para-hydroxylation sites is 2. The SMILES string of the molecule is CN1CCN(CCCCCN2c3ccccc3Sc3ccccc32)CC1.O=C(O)/C=C\C(=O)O.O=C(O)/C=C\C(=O)O. The van der Waals surface area contributed by atoms with Crippen LogP contribution in [-0.4, -0.2) is 100 Å². The van der Waals surface area contributed by atoms with E-state index in [9.17, 15) is 19.2 Å². The molecule has 0 radical (unpaired) electrons. The Labute approximate surface area is 249 Å². The maximum atomic E-state index is 9.55. The maximum absolute atomic E-state index is 9.55. The lowest BCUT2D eigenvalue weighted by Crippen LogP contribution is -2.44. The molecule has 0 aliphatic carbocycles. The van der Waals surface area contributed by atoms with Crippen LogP contribution >= 0.6 is 11.8 Å². The van der Waals surface area contributed by atoms with Crippen molar-refractivity contribution in [3.63, 3.8) is 0 Å². The molecule has 0 unspecified atom stereocenters. The number of fused-ring (bicyclic) bond motifs is 2. The fraction of sp³-hybridized carbons (Fsp3) is 0.333. The number of carbonyl (C=O) groups is 4. The molecule has 0 spiro atoms. The molecule has 11 nitrogen and oxygen atoms in total. The molecule has 42 heavy (non-hydrogen) atoms. The molecular formula is C30H37N3O8S. The Morgan fingerprint density at radius 2 is 1.05 bits per heavy atom. The van der Waals surface area contributed by atoms with E-state index in [0.29, 0.717) is 24.3 Å². The minimum absolute atomic E-state index is 0.558. The van der Waals surface area contributed by atoms with Gasteiger partial charge in [-0.25, -0.2) is 19.2 Å². The Morgan fingerprint density at radius 3 is 1.48 bits per heavy atom. The fourth-order valence-corrected chi connectivity index (χ4v) is 5.26. The van der Waals surface area contributed by atoms with Gasteiger partial charge >= 0.3 is 23.9 Å². The molecule has 1 saturated heterocycles. The predicted molar refractivity (Wildman–Crippen MR) is 161 cm³/mol. The van der Waals surface area contributed by atoms with Crippen LogP contribution in [0, 0.1) is 0 Å². The third kappa shape index (κ3) is 13.0. The van der Waals surface area contributed by atoms with Gasteiger partial charge in [-0.15, -0.1) is 0 Å². The zero-order valence-electron chi connectivity index (χ0n) is 23.5. The third-order valence-corrected chi connectivity index (χ3v) is 7.35. The number of anilines is 2. The molecule has 4 N–H and O–H groups in total. The van der Waals surface area contributed by atoms with Crippen LogP contribution in [0.2, 0.25) is 0 Å². The number of aliphatic carboxylic acids is 4. The highest BCUT2D eigenvalue weighted by Crippen LogP contribution is 2.47. The molecule has 2 aliphatic heterocycles. The van der Waals surface area contributed by atoms with Crippen LogP contribution in [0.4, 0.5) is 11.4 Å². The Hall–Kier alpha value is -4.13. The summed E-state index contributed by atoms with van der Waals surface area (Å²) < 4.78 is 0. The normalized spacial score (nSPS) is 14.6. The molecule has 226 valence electrons. The topological polar surface area (TPSA) is 159 Å². The van der Waals surface area contributed by atoms with Gasteiger partial charge in [-0.2, -0.15) is 0 Å². The summed E-state index contributed by atoms with van der Waals surface area (Å²) in [6.07, 6.45) is 6.10. The largest absolute Gasteiger partial charge is 0.478 e. The first-order valence-corrected chi connectivity index (χ1v) is 14.2. The first kappa shape index (κ1) is 34.1. The zero-order valence-corrected chi connectivity index (χ0v) is 24.3. The van der Waals surface area contributed by atoms with E-state index in [0.717, 1.165) is 6.54 Å². The number of hydrogen-bond donors (Lipinski definition) is 4. The van der Waals surface area contributed by atoms with Gasteiger partial charge < -0.3 is 35.1 Å². The van der Waals surface area contributed by atoms with Crippen LogP contribution < -0.4 is 4.90 Å². The lowest BCUT2D eigenvalue weighted by atomic mass is 10.1. The molecule has 0 bridgehead atoms. The smallest absolute Gasteiger partial charge is 0.328 e. The molecule has 2 aromatic rings. The van der Waals surface area contributed by atoms with E-state index in [2.05, 4.69) is 70.3 Å². The van der Waals surface area contributed by atoms with Crippen LogP contribution in [0.5, 0.6) is 0 Å². The van der Waals surface area contributed by atoms with Crippen LogP contribution in [0.3, 0.4) is 0 Å². The summed E-state index contributed by atoms with van der Waals surface area (Å²) in [6.45, 7) is 7.29. The van der Waals surface area contributed by atoms with Gasteiger partial charge in [0.1, 0.15) is 0 Å². The molecule has 2 aromatic carbocycles. The quantitative estimate of drug-likeness (QED) is 0.229. The number of rotatable bonds is 10. The molecule has 0 atom stereocenters. The summed E-state index contributed by atoms with van der Waals surface area (Å²) in [7, 11) is 2.23. The summed E-state index contributed by atoms with van der Waals surface area (Å²) in [5, 5.41) is 31.2. The minimum Gasteiger partial charge on any atom is -0.478 e. The molecule has 0 aromatic heterocycles. The van der Waals surface area contributed by atoms with Gasteiger partial charge in [0.2, 0.25) is 0 Å². The van der Waals surface area contributed by atoms with Crippen molar-refractivity contribution in [3.05, 3.63) is 72.8 Å². The fourth-order valence-electron chi connectivity index (χ4n) is 4.16. The predicted octanol–water partition coefficient (Wildman–Crippen LogP) is 4.13. The number of piperazine rings is 1. The van der Waals surface area contributed by atoms with Gasteiger partial charge in [0.25, 0.3) is 0 Å². The summed E-state index contributed by atoms with van der Waals surface area (Å²) in [4.78, 5) is 48.6. The average molecular weight is 600 g/mol. The van der Waals surface area contributed by atoms with Crippen LogP contribution in [0.15, 0.2) is 82.6 Å². The minimum atomic E-state index is -1.26. The van der Waals surface area contributed by atoms with E-state index in [-0.39, 0.29) is 0 Å². The highest BCUT2D eigenvalue weighted by molar-refractivity contribution is 7.99. The summed E-state index contributed by atoms with van der Waals surface area (Å²) >= 11 is 1.90. The Morgan fingerprint density at radius 1 is 0.643 bits per heavy atom. The van der Waals surface area contributed by atoms with Gasteiger partial charge in [-0.3, -0.25) is 0 Å². The molecule has 0 amide bonds. The van der Waals surface area contributed by atoms with Gasteiger partial charge in [-0.1, -0.05) is 42.4 Å². The molecule has 1 fully saturated rings. The number of unbranched alkanes of at least 4 members (excludes halogenated alkanes) is 2. The molecule has 12 heteroatoms. The van der Waals surface area contributed by atoms with Crippen molar-refractivity contribution in [1.29, 1.82) is 0 Å². The monoisotopic (exact) mass is 599 g/mol. The Balaban J connectivity index is 0.000000319. The number of benzene rings is 2. The van der Waals surface area contributed by atoms with Crippen molar-refractivity contribution < 1.29 is 39.6 Å². The van der Waals surface area contributed by atoms with Crippen molar-refractivity contribution in [3.8, 4) is 0 Å². The number of likely N-dealkylation sites (N-methyl/N-ethyl adjacent to an activating group) is 1. The molecule has 2 heterocycles. The number of carboxylic acids is 4. The highest BCUT2D eigenvalue weighted by atomic mass is 32.2. The van der Waals surface area contributed by atoms with Gasteiger partial charge in [0.05, 0.1) is 11.4 Å². The van der Waals surface area contributed by atoms with Crippen LogP contribution in [0.25, 0.3) is 0 Å². The molecular weight excluding hydrogens is 562 g/mol. The number of nitrogens with zero attached hydrogens (tertiary/aromatic N) is 3. The summed E-state index contributed by atoms with van der Waals surface area (Å²) in [5.74, 6) is -5.03. The van der Waals surface area contributed by atoms with Crippen molar-refractivity contribution in [2.24, 2.45) is 0 Å². The van der Waals surface area contributed by atoms with Gasteiger partial charge in [-0.05, 0) is 50.7 Å². The second-order valence-corrected chi connectivity index (χ2v) is 10.5. The van der Waals surface area contributed by atoms with Crippen LogP contribution in [-0.2, 0) is 19.2 Å². The average Bonchev–Trinajstić information content (AvgIpc) is 2.96. The Kier molecular flexibility index (Phi) is 14.9. The van der Waals surface area contributed by atoms with Crippen molar-refractivity contribution in [2.75, 3.05) is 51.2 Å². The Bertz CT molecular complexity index is 1150. The third-order valence-electron chi connectivity index (χ3n) is 6.22. The van der Waals surface area contributed by atoms with E-state index in [4.69, 9.17) is 20.4 Å². The van der Waals surface area contributed by atoms with Gasteiger partial charge in [0.15, 0.2) is 0 Å². The molecule has 0 saturated carbocycles. The van der Waals surface area contributed by atoms with E-state index >= 15 is 0 Å². The van der Waals surface area contributed by atoms with Crippen molar-refractivity contribution in [2.45, 2.75) is 29.1 Å². The summed E-state index contributed by atoms with van der Waals surface area (Å²) in [5.41, 5.74) is 2.74. The summed E-state index contributed by atoms with van der Waals surface area (Å²) in [6, 6.07) is 17.6. The van der Waals surface area contributed by atoms with E-state index in [1.807, 2.05) is 11.8 Å². The molecule has 4 rings (SSSR count). The standard InChI is InChI=1S/C22H29N3S.2C4H4O4/c1-23-15-17-24(18-16-23)13-7-2-8-14-25-19-9-3-5-11-21(19)26-22-12-6-4-10-20(22)25;2*5-3(6)1-2-4(7)8/h3-6,9-12H,2,7-8,13-18H2,1H3;2*1-2H,(H,5,6)(H,7,8)/b;2*2-1-. The van der Waals surface area contributed by atoms with Gasteiger partial charge in [0, 0.05) is 66.8 Å². The first-order valence-electron chi connectivity index (χ1n) is 13.4. The maximum Gasteiger partial charge on any atom is 0.328 e. The number of carboxylic acid groups (broad SMARTS) is 4. The zero-order chi connectivity index (χ0) is 30.9. The second-order valence-electron chi connectivity index (χ2n) is 9.41. The lowest BCUT2D eigenvalue weighted by molar-refractivity contribution is -0.134. The van der Waals surface area contributed by atoms with Crippen molar-refractivity contribution >= 4 is 47.0 Å². The van der Waals surface area contributed by atoms with Crippen LogP contribution in [0.1, 0.15) is 19.3 Å². The first-order chi connectivity index (χ1) is 20.1. The van der Waals surface area contributed by atoms with Crippen molar-refractivity contribution in [1.82, 2.24) is 9.80 Å². The van der Waals surface area contributed by atoms with E-state index in [1.165, 1.54) is 73.2 Å². The van der Waals surface area contributed by atoms with E-state index in [1.54, 1.807) is 0 Å². The second kappa shape index (κ2) is 18.3. The highest BCUT2D eigenvalue weighted by Gasteiger charge is 2.22. The lowest BCUT2D eigenvalue weighted by Gasteiger charge is -2.33.